The summed E-state index contributed by atoms with van der Waals surface area (Å²) in [7, 11) is -4.57. The van der Waals surface area contributed by atoms with Crippen molar-refractivity contribution in [2.24, 2.45) is 0 Å². The van der Waals surface area contributed by atoms with Crippen molar-refractivity contribution in [2.75, 3.05) is 0 Å². The van der Waals surface area contributed by atoms with Crippen LogP contribution in [0.3, 0.4) is 0 Å². The summed E-state index contributed by atoms with van der Waals surface area (Å²) in [4.78, 5) is 0. The third-order valence-electron chi connectivity index (χ3n) is 6.54. The van der Waals surface area contributed by atoms with Crippen LogP contribution in [0.2, 0.25) is 20.2 Å². The van der Waals surface area contributed by atoms with E-state index in [0.29, 0.717) is 0 Å². The van der Waals surface area contributed by atoms with Gasteiger partial charge >= 0.3 is 0 Å². The number of benzene rings is 1. The summed E-state index contributed by atoms with van der Waals surface area (Å²) in [5, 5.41) is 3.76. The van der Waals surface area contributed by atoms with E-state index in [1.54, 1.807) is 10.4 Å². The highest BCUT2D eigenvalue weighted by atomic mass is 28.4. The van der Waals surface area contributed by atoms with Gasteiger partial charge in [-0.3, -0.25) is 0 Å². The predicted molar refractivity (Wildman–Crippen MR) is 122 cm³/mol. The molecule has 148 valence electrons. The average Bonchev–Trinajstić information content (AvgIpc) is 2.71. The average molecular weight is 391 g/mol. The van der Waals surface area contributed by atoms with E-state index >= 15 is 0 Å². The van der Waals surface area contributed by atoms with Crippen molar-refractivity contribution in [2.45, 2.75) is 110 Å². The molecular weight excluding hydrogens is 348 g/mol. The van der Waals surface area contributed by atoms with Crippen molar-refractivity contribution >= 4 is 27.0 Å². The molecule has 1 nitrogen and oxygen atoms in total. The lowest BCUT2D eigenvalue weighted by molar-refractivity contribution is 0.389. The van der Waals surface area contributed by atoms with Gasteiger partial charge in [0.2, 0.25) is 16.6 Å². The number of aryl methyl sites for hydroxylation is 1. The maximum Gasteiger partial charge on any atom is 0.223 e. The highest BCUT2D eigenvalue weighted by molar-refractivity contribution is 7.11. The standard InChI is InChI=1S/C23H42OSi2/c1-17-15-14-16-18-19(17)26(22(8,9)10,23(11,12)13)24-25(18,20(2,3)4)21(5,6)7/h14-16H,1-13H3. The van der Waals surface area contributed by atoms with Crippen LogP contribution in [0.15, 0.2) is 18.2 Å². The van der Waals surface area contributed by atoms with E-state index in [2.05, 4.69) is 108 Å². The monoisotopic (exact) mass is 390 g/mol. The molecule has 1 aromatic carbocycles. The third kappa shape index (κ3) is 2.64. The molecule has 0 aromatic heterocycles. The molecule has 0 bridgehead atoms. The second-order valence-corrected chi connectivity index (χ2v) is 23.0. The molecule has 1 aromatic rings. The van der Waals surface area contributed by atoms with Gasteiger partial charge in [0.25, 0.3) is 0 Å². The quantitative estimate of drug-likeness (QED) is 0.457. The van der Waals surface area contributed by atoms with Gasteiger partial charge in [-0.25, -0.2) is 0 Å². The van der Waals surface area contributed by atoms with Crippen LogP contribution in [0.25, 0.3) is 0 Å². The minimum Gasteiger partial charge on any atom is -0.447 e. The van der Waals surface area contributed by atoms with Crippen molar-refractivity contribution in [3.8, 4) is 0 Å². The Kier molecular flexibility index (Phi) is 4.89. The first kappa shape index (κ1) is 21.9. The van der Waals surface area contributed by atoms with Crippen LogP contribution >= 0.6 is 0 Å². The van der Waals surface area contributed by atoms with E-state index in [1.165, 1.54) is 5.56 Å². The summed E-state index contributed by atoms with van der Waals surface area (Å²) >= 11 is 0. The lowest BCUT2D eigenvalue weighted by Crippen LogP contribution is -2.65. The summed E-state index contributed by atoms with van der Waals surface area (Å²) in [6, 6.07) is 7.01. The molecule has 26 heavy (non-hydrogen) atoms. The zero-order chi connectivity index (χ0) is 20.6. The van der Waals surface area contributed by atoms with Gasteiger partial charge in [0.05, 0.1) is 0 Å². The first-order valence-corrected chi connectivity index (χ1v) is 14.0. The van der Waals surface area contributed by atoms with Crippen LogP contribution in [0.5, 0.6) is 0 Å². The zero-order valence-corrected chi connectivity index (χ0v) is 21.6. The number of fused-ring (bicyclic) bond motifs is 1. The summed E-state index contributed by atoms with van der Waals surface area (Å²) in [6.07, 6.45) is 0. The molecule has 1 aliphatic heterocycles. The van der Waals surface area contributed by atoms with Gasteiger partial charge in [0.1, 0.15) is 0 Å². The minimum atomic E-state index is -2.29. The molecule has 1 aliphatic rings. The smallest absolute Gasteiger partial charge is 0.223 e. The third-order valence-corrected chi connectivity index (χ3v) is 20.2. The molecule has 0 saturated carbocycles. The van der Waals surface area contributed by atoms with Crippen LogP contribution in [0, 0.1) is 6.92 Å². The highest BCUT2D eigenvalue weighted by Crippen LogP contribution is 2.62. The van der Waals surface area contributed by atoms with Crippen LogP contribution in [-0.2, 0) is 4.12 Å². The van der Waals surface area contributed by atoms with Gasteiger partial charge in [-0.2, -0.15) is 0 Å². The van der Waals surface area contributed by atoms with Crippen LogP contribution in [0.1, 0.15) is 88.6 Å². The predicted octanol–water partition coefficient (Wildman–Crippen LogP) is 6.53. The maximum atomic E-state index is 7.82. The van der Waals surface area contributed by atoms with Crippen molar-refractivity contribution in [1.29, 1.82) is 0 Å². The Labute approximate surface area is 165 Å². The summed E-state index contributed by atoms with van der Waals surface area (Å²) in [5.74, 6) is 0. The molecule has 0 atom stereocenters. The fourth-order valence-electron chi connectivity index (χ4n) is 6.18. The van der Waals surface area contributed by atoms with Crippen LogP contribution in [0.4, 0.5) is 0 Å². The van der Waals surface area contributed by atoms with Crippen molar-refractivity contribution in [3.05, 3.63) is 23.8 Å². The van der Waals surface area contributed by atoms with Gasteiger partial charge in [0, 0.05) is 0 Å². The first-order chi connectivity index (χ1) is 11.3. The molecule has 0 N–H and O–H groups in total. The second-order valence-electron chi connectivity index (χ2n) is 12.5. The molecule has 0 aliphatic carbocycles. The molecule has 3 heteroatoms. The van der Waals surface area contributed by atoms with Gasteiger partial charge in [-0.05, 0) is 43.0 Å². The van der Waals surface area contributed by atoms with Gasteiger partial charge in [-0.15, -0.1) is 0 Å². The largest absolute Gasteiger partial charge is 0.447 e. The van der Waals surface area contributed by atoms with E-state index in [4.69, 9.17) is 4.12 Å². The number of hydrogen-bond acceptors (Lipinski definition) is 1. The van der Waals surface area contributed by atoms with E-state index in [1.807, 2.05) is 0 Å². The minimum absolute atomic E-state index is 0.136. The Morgan fingerprint density at radius 2 is 1.00 bits per heavy atom. The van der Waals surface area contributed by atoms with Crippen molar-refractivity contribution in [1.82, 2.24) is 0 Å². The fraction of sp³-hybridized carbons (Fsp3) is 0.739. The summed E-state index contributed by atoms with van der Waals surface area (Å²) in [6.45, 7) is 31.4. The Balaban J connectivity index is 3.11. The second kappa shape index (κ2) is 5.81. The van der Waals surface area contributed by atoms with Crippen LogP contribution < -0.4 is 10.4 Å². The molecule has 0 fully saturated rings. The molecule has 0 amide bonds. The van der Waals surface area contributed by atoms with E-state index in [0.717, 1.165) is 0 Å². The topological polar surface area (TPSA) is 9.23 Å². The van der Waals surface area contributed by atoms with Gasteiger partial charge in [0.15, 0.2) is 0 Å². The van der Waals surface area contributed by atoms with Gasteiger partial charge < -0.3 is 4.12 Å². The van der Waals surface area contributed by atoms with Gasteiger partial charge in [-0.1, -0.05) is 101 Å². The maximum absolute atomic E-state index is 7.82. The Hall–Kier alpha value is -0.386. The van der Waals surface area contributed by atoms with E-state index in [9.17, 15) is 0 Å². The molecule has 1 heterocycles. The molecule has 0 spiro atoms. The summed E-state index contributed by atoms with van der Waals surface area (Å²) in [5.41, 5.74) is 1.45. The van der Waals surface area contributed by atoms with Crippen LogP contribution in [-0.4, -0.2) is 16.6 Å². The number of rotatable bonds is 0. The Morgan fingerprint density at radius 3 is 1.35 bits per heavy atom. The normalized spacial score (nSPS) is 20.2. The number of hydrogen-bond donors (Lipinski definition) is 0. The van der Waals surface area contributed by atoms with Crippen molar-refractivity contribution in [3.63, 3.8) is 0 Å². The fourth-order valence-corrected chi connectivity index (χ4v) is 24.4. The lowest BCUT2D eigenvalue weighted by atomic mass is 10.2. The molecule has 0 saturated heterocycles. The highest BCUT2D eigenvalue weighted by Gasteiger charge is 2.72. The Morgan fingerprint density at radius 1 is 0.615 bits per heavy atom. The van der Waals surface area contributed by atoms with Crippen molar-refractivity contribution < 1.29 is 4.12 Å². The van der Waals surface area contributed by atoms with E-state index in [-0.39, 0.29) is 20.2 Å². The zero-order valence-electron chi connectivity index (χ0n) is 19.6. The molecular formula is C23H42OSi2. The lowest BCUT2D eigenvalue weighted by Gasteiger charge is -2.55. The first-order valence-electron chi connectivity index (χ1n) is 10.2. The molecule has 0 radical (unpaired) electrons. The SMILES string of the molecule is Cc1cccc2c1[Si](C(C)(C)C)(C(C)(C)C)O[Si]2(C(C)(C)C)C(C)(C)C. The Bertz CT molecular complexity index is 663. The summed E-state index contributed by atoms with van der Waals surface area (Å²) < 4.78 is 7.82. The molecule has 0 unspecified atom stereocenters. The van der Waals surface area contributed by atoms with E-state index < -0.39 is 16.6 Å². The molecule has 2 rings (SSSR count).